The molecule has 2 aliphatic carbocycles. The zero-order valence-electron chi connectivity index (χ0n) is 27.1. The third-order valence-corrected chi connectivity index (χ3v) is 9.45. The number of hydrogen-bond acceptors (Lipinski definition) is 5. The van der Waals surface area contributed by atoms with Crippen molar-refractivity contribution < 1.29 is 19.9 Å². The molecule has 0 spiro atoms. The second kappa shape index (κ2) is 11.5. The summed E-state index contributed by atoms with van der Waals surface area (Å²) in [5.41, 5.74) is 7.40. The van der Waals surface area contributed by atoms with Gasteiger partial charge in [-0.25, -0.2) is 14.7 Å². The summed E-state index contributed by atoms with van der Waals surface area (Å²) in [7, 11) is 3.79. The Hall–Kier alpha value is -6.31. The van der Waals surface area contributed by atoms with E-state index in [0.29, 0.717) is 32.7 Å². The highest BCUT2D eigenvalue weighted by Crippen LogP contribution is 2.57. The minimum absolute atomic E-state index is 0.0513. The quantitative estimate of drug-likeness (QED) is 0.0792. The predicted molar refractivity (Wildman–Crippen MR) is 191 cm³/mol. The van der Waals surface area contributed by atoms with Crippen LogP contribution in [0.2, 0.25) is 0 Å². The van der Waals surface area contributed by atoms with Crippen molar-refractivity contribution in [3.05, 3.63) is 147 Å². The van der Waals surface area contributed by atoms with Crippen LogP contribution in [0, 0.1) is 17.9 Å². The van der Waals surface area contributed by atoms with Crippen LogP contribution >= 0.6 is 0 Å². The molecule has 0 radical (unpaired) electrons. The SMILES string of the molecule is [C-]#[N+]/C(C#N)=C1\C(=C2c3ccccc3C(=[N+](CC)CC)c3ccccc32)C(O)=C1c1c2c(O)cccc2c(N(C)C)c2cccc(O)c12. The molecule has 3 N–H and O–H groups in total. The third-order valence-electron chi connectivity index (χ3n) is 9.45. The van der Waals surface area contributed by atoms with E-state index in [-0.39, 0.29) is 34.1 Å². The van der Waals surface area contributed by atoms with Crippen LogP contribution in [-0.2, 0) is 0 Å². The standard InChI is InChI=1S/C41H32N4O3/c1-6-45(7-2)40-25-16-10-8-14-23(25)32(24-15-9-11-17-26(24)40)37-35(29(22-42)43-3)38(41(37)48)36-33-27(18-12-20-30(33)46)39(44(4)5)28-19-13-21-31(47)34(28)36/h8-21H,6-7H2,1-2,4-5H3,(H2-,46,47,48)/p+1/b35-29+. The van der Waals surface area contributed by atoms with Gasteiger partial charge in [-0.1, -0.05) is 60.7 Å². The molecule has 0 bridgehead atoms. The first-order valence-corrected chi connectivity index (χ1v) is 15.9. The molecule has 2 aliphatic rings. The van der Waals surface area contributed by atoms with Gasteiger partial charge in [0.1, 0.15) is 30.3 Å². The zero-order valence-corrected chi connectivity index (χ0v) is 27.1. The van der Waals surface area contributed by atoms with E-state index in [1.54, 1.807) is 24.3 Å². The fraction of sp³-hybridized carbons (Fsp3) is 0.146. The fourth-order valence-electron chi connectivity index (χ4n) is 7.54. The second-order valence-electron chi connectivity index (χ2n) is 12.1. The summed E-state index contributed by atoms with van der Waals surface area (Å²) in [4.78, 5) is 5.58. The smallest absolute Gasteiger partial charge is 0.270 e. The van der Waals surface area contributed by atoms with Gasteiger partial charge in [0, 0.05) is 63.5 Å². The van der Waals surface area contributed by atoms with Gasteiger partial charge in [-0.3, -0.25) is 0 Å². The van der Waals surface area contributed by atoms with Gasteiger partial charge in [-0.05, 0) is 49.2 Å². The lowest BCUT2D eigenvalue weighted by atomic mass is 9.69. The number of allylic oxidation sites excluding steroid dienone is 3. The summed E-state index contributed by atoms with van der Waals surface area (Å²) in [5.74, 6) is -0.215. The number of phenolic OH excluding ortho intramolecular Hbond substituents is 2. The van der Waals surface area contributed by atoms with Crippen molar-refractivity contribution in [2.45, 2.75) is 13.8 Å². The maximum atomic E-state index is 12.4. The number of nitrogens with zero attached hydrogens (tertiary/aromatic N) is 4. The van der Waals surface area contributed by atoms with Gasteiger partial charge in [-0.15, -0.1) is 0 Å². The number of aliphatic hydroxyl groups is 1. The minimum Gasteiger partial charge on any atom is -0.507 e. The number of phenols is 2. The molecule has 234 valence electrons. The van der Waals surface area contributed by atoms with E-state index in [4.69, 9.17) is 6.57 Å². The van der Waals surface area contributed by atoms with E-state index in [2.05, 4.69) is 41.5 Å². The molecule has 0 heterocycles. The lowest BCUT2D eigenvalue weighted by molar-refractivity contribution is -0.519. The average molecular weight is 630 g/mol. The van der Waals surface area contributed by atoms with E-state index in [1.165, 1.54) is 0 Å². The van der Waals surface area contributed by atoms with Crippen molar-refractivity contribution in [2.75, 3.05) is 32.1 Å². The Morgan fingerprint density at radius 1 is 0.729 bits per heavy atom. The minimum atomic E-state index is -0.192. The van der Waals surface area contributed by atoms with Crippen LogP contribution in [0.4, 0.5) is 5.69 Å². The maximum Gasteiger partial charge on any atom is 0.270 e. The summed E-state index contributed by atoms with van der Waals surface area (Å²) in [6.45, 7) is 13.9. The summed E-state index contributed by atoms with van der Waals surface area (Å²) < 4.78 is 2.31. The van der Waals surface area contributed by atoms with Crippen LogP contribution in [0.3, 0.4) is 0 Å². The highest BCUT2D eigenvalue weighted by atomic mass is 16.3. The lowest BCUT2D eigenvalue weighted by Gasteiger charge is -2.35. The molecule has 7 nitrogen and oxygen atoms in total. The van der Waals surface area contributed by atoms with Crippen molar-refractivity contribution in [3.8, 4) is 17.6 Å². The Balaban J connectivity index is 1.70. The van der Waals surface area contributed by atoms with Crippen LogP contribution in [0.1, 0.15) is 41.7 Å². The highest BCUT2D eigenvalue weighted by molar-refractivity contribution is 6.26. The van der Waals surface area contributed by atoms with Crippen LogP contribution in [0.25, 0.3) is 37.5 Å². The number of nitriles is 1. The zero-order chi connectivity index (χ0) is 33.9. The molecule has 0 saturated carbocycles. The molecule has 5 aromatic carbocycles. The topological polar surface area (TPSA) is 95.1 Å². The van der Waals surface area contributed by atoms with E-state index in [0.717, 1.165) is 52.3 Å². The number of aromatic hydroxyl groups is 2. The monoisotopic (exact) mass is 629 g/mol. The molecule has 0 saturated heterocycles. The van der Waals surface area contributed by atoms with Crippen LogP contribution in [-0.4, -0.2) is 52.8 Å². The average Bonchev–Trinajstić information content (AvgIpc) is 3.09. The van der Waals surface area contributed by atoms with Gasteiger partial charge < -0.3 is 20.2 Å². The molecule has 0 fully saturated rings. The van der Waals surface area contributed by atoms with Crippen molar-refractivity contribution in [1.82, 2.24) is 0 Å². The molecule has 0 amide bonds. The largest absolute Gasteiger partial charge is 0.507 e. The summed E-state index contributed by atoms with van der Waals surface area (Å²) in [6.07, 6.45) is 0. The van der Waals surface area contributed by atoms with E-state index >= 15 is 0 Å². The normalized spacial score (nSPS) is 14.7. The summed E-state index contributed by atoms with van der Waals surface area (Å²) in [5, 5.41) is 47.8. The number of rotatable bonds is 4. The second-order valence-corrected chi connectivity index (χ2v) is 12.1. The van der Waals surface area contributed by atoms with Crippen LogP contribution < -0.4 is 4.90 Å². The number of anilines is 1. The van der Waals surface area contributed by atoms with Gasteiger partial charge in [0.15, 0.2) is 0 Å². The number of fused-ring (bicyclic) bond motifs is 4. The Labute approximate surface area is 279 Å². The Morgan fingerprint density at radius 2 is 1.23 bits per heavy atom. The first kappa shape index (κ1) is 30.3. The van der Waals surface area contributed by atoms with Crippen LogP contribution in [0.5, 0.6) is 11.5 Å². The molecule has 0 aromatic heterocycles. The highest BCUT2D eigenvalue weighted by Gasteiger charge is 2.42. The fourth-order valence-corrected chi connectivity index (χ4v) is 7.54. The van der Waals surface area contributed by atoms with E-state index < -0.39 is 0 Å². The van der Waals surface area contributed by atoms with Gasteiger partial charge in [-0.2, -0.15) is 0 Å². The molecule has 0 aliphatic heterocycles. The van der Waals surface area contributed by atoms with Crippen molar-refractivity contribution in [3.63, 3.8) is 0 Å². The lowest BCUT2D eigenvalue weighted by Crippen LogP contribution is -2.29. The van der Waals surface area contributed by atoms with Crippen molar-refractivity contribution in [2.24, 2.45) is 0 Å². The molecule has 0 atom stereocenters. The van der Waals surface area contributed by atoms with Crippen molar-refractivity contribution in [1.29, 1.82) is 5.26 Å². The van der Waals surface area contributed by atoms with Gasteiger partial charge in [0.2, 0.25) is 5.71 Å². The predicted octanol–water partition coefficient (Wildman–Crippen LogP) is 8.16. The number of aliphatic hydroxyl groups excluding tert-OH is 1. The Morgan fingerprint density at radius 3 is 1.67 bits per heavy atom. The van der Waals surface area contributed by atoms with E-state index in [9.17, 15) is 20.6 Å². The maximum absolute atomic E-state index is 12.4. The number of hydrogen-bond donors (Lipinski definition) is 3. The van der Waals surface area contributed by atoms with E-state index in [1.807, 2.05) is 67.5 Å². The molecule has 7 rings (SSSR count). The Kier molecular flexibility index (Phi) is 7.27. The van der Waals surface area contributed by atoms with Crippen LogP contribution in [0.15, 0.2) is 108 Å². The van der Waals surface area contributed by atoms with Crippen molar-refractivity contribution >= 4 is 44.1 Å². The summed E-state index contributed by atoms with van der Waals surface area (Å²) in [6, 6.07) is 28.5. The molecular formula is C41H33N4O3+. The molecule has 0 unspecified atom stereocenters. The first-order valence-electron chi connectivity index (χ1n) is 15.9. The Bertz CT molecular complexity index is 2310. The molecular weight excluding hydrogens is 596 g/mol. The molecule has 48 heavy (non-hydrogen) atoms. The first-order chi connectivity index (χ1) is 23.3. The van der Waals surface area contributed by atoms with Gasteiger partial charge in [0.25, 0.3) is 5.70 Å². The van der Waals surface area contributed by atoms with Gasteiger partial charge in [0.05, 0.1) is 29.5 Å². The van der Waals surface area contributed by atoms with Gasteiger partial charge >= 0.3 is 0 Å². The third kappa shape index (κ3) is 4.15. The molecule has 7 heteroatoms. The molecule has 5 aromatic rings. The number of benzene rings is 5. The summed E-state index contributed by atoms with van der Waals surface area (Å²) >= 11 is 0.